The molecule has 0 aliphatic heterocycles. The number of carbonyl (C=O) groups is 1. The summed E-state index contributed by atoms with van der Waals surface area (Å²) in [6.45, 7) is 0.463. The number of rotatable bonds is 3. The zero-order valence-electron chi connectivity index (χ0n) is 10.1. The van der Waals surface area contributed by atoms with Crippen LogP contribution in [-0.2, 0) is 6.54 Å². The fraction of sp³-hybridized carbons (Fsp3) is 0.0714. The van der Waals surface area contributed by atoms with Crippen molar-refractivity contribution in [3.8, 4) is 0 Å². The van der Waals surface area contributed by atoms with E-state index in [0.717, 1.165) is 16.5 Å². The number of hydrogen-bond acceptors (Lipinski definition) is 3. The van der Waals surface area contributed by atoms with Crippen molar-refractivity contribution in [3.05, 3.63) is 60.0 Å². The van der Waals surface area contributed by atoms with Gasteiger partial charge in [0.05, 0.1) is 11.7 Å². The average Bonchev–Trinajstić information content (AvgIpc) is 2.93. The summed E-state index contributed by atoms with van der Waals surface area (Å²) in [4.78, 5) is 15.8. The molecule has 0 saturated heterocycles. The largest absolute Gasteiger partial charge is 0.347 e. The number of nitrogens with one attached hydrogen (secondary N) is 2. The summed E-state index contributed by atoms with van der Waals surface area (Å²) in [5, 5.41) is 10.8. The maximum Gasteiger partial charge on any atom is 0.270 e. The normalized spacial score (nSPS) is 10.5. The van der Waals surface area contributed by atoms with Crippen LogP contribution < -0.4 is 5.32 Å². The summed E-state index contributed by atoms with van der Waals surface area (Å²) in [7, 11) is 0. The Bertz CT molecular complexity index is 706. The van der Waals surface area contributed by atoms with Gasteiger partial charge in [0.2, 0.25) is 0 Å². The SMILES string of the molecule is O=C(NCc1ccc2cn[nH]c2c1)c1ccccn1. The summed E-state index contributed by atoms with van der Waals surface area (Å²) in [5.41, 5.74) is 2.40. The number of H-pyrrole nitrogens is 1. The maximum atomic E-state index is 11.8. The van der Waals surface area contributed by atoms with E-state index < -0.39 is 0 Å². The monoisotopic (exact) mass is 252 g/mol. The Morgan fingerprint density at radius 1 is 1.26 bits per heavy atom. The van der Waals surface area contributed by atoms with Gasteiger partial charge in [-0.25, -0.2) is 0 Å². The van der Waals surface area contributed by atoms with Gasteiger partial charge in [0.25, 0.3) is 5.91 Å². The van der Waals surface area contributed by atoms with Gasteiger partial charge in [-0.15, -0.1) is 0 Å². The Hall–Kier alpha value is -2.69. The summed E-state index contributed by atoms with van der Waals surface area (Å²) in [6.07, 6.45) is 3.37. The number of hydrogen-bond donors (Lipinski definition) is 2. The van der Waals surface area contributed by atoms with Gasteiger partial charge in [-0.1, -0.05) is 18.2 Å². The van der Waals surface area contributed by atoms with E-state index in [2.05, 4.69) is 20.5 Å². The third-order valence-electron chi connectivity index (χ3n) is 2.86. The number of fused-ring (bicyclic) bond motifs is 1. The highest BCUT2D eigenvalue weighted by atomic mass is 16.1. The number of aromatic nitrogens is 3. The topological polar surface area (TPSA) is 70.7 Å². The predicted molar refractivity (Wildman–Crippen MR) is 71.5 cm³/mol. The van der Waals surface area contributed by atoms with E-state index in [1.807, 2.05) is 18.2 Å². The molecule has 2 aromatic heterocycles. The molecule has 2 N–H and O–H groups in total. The summed E-state index contributed by atoms with van der Waals surface area (Å²) in [5.74, 6) is -0.176. The van der Waals surface area contributed by atoms with Crippen LogP contribution >= 0.6 is 0 Å². The lowest BCUT2D eigenvalue weighted by Gasteiger charge is -2.04. The highest BCUT2D eigenvalue weighted by Crippen LogP contribution is 2.12. The minimum Gasteiger partial charge on any atom is -0.347 e. The molecule has 94 valence electrons. The molecule has 0 spiro atoms. The van der Waals surface area contributed by atoms with Gasteiger partial charge in [0, 0.05) is 18.1 Å². The van der Waals surface area contributed by atoms with Crippen LogP contribution in [0.3, 0.4) is 0 Å². The fourth-order valence-corrected chi connectivity index (χ4v) is 1.86. The van der Waals surface area contributed by atoms with Crippen molar-refractivity contribution in [1.82, 2.24) is 20.5 Å². The maximum absolute atomic E-state index is 11.8. The summed E-state index contributed by atoms with van der Waals surface area (Å²) >= 11 is 0. The van der Waals surface area contributed by atoms with E-state index in [9.17, 15) is 4.79 Å². The van der Waals surface area contributed by atoms with Crippen LogP contribution in [0.4, 0.5) is 0 Å². The molecule has 0 aliphatic carbocycles. The highest BCUT2D eigenvalue weighted by Gasteiger charge is 2.05. The second-order valence-corrected chi connectivity index (χ2v) is 4.19. The minimum atomic E-state index is -0.176. The van der Waals surface area contributed by atoms with Gasteiger partial charge in [0.15, 0.2) is 0 Å². The lowest BCUT2D eigenvalue weighted by molar-refractivity contribution is 0.0946. The molecule has 2 heterocycles. The van der Waals surface area contributed by atoms with Crippen LogP contribution in [0, 0.1) is 0 Å². The number of pyridine rings is 1. The molecule has 3 rings (SSSR count). The van der Waals surface area contributed by atoms with Crippen LogP contribution in [0.15, 0.2) is 48.8 Å². The lowest BCUT2D eigenvalue weighted by Crippen LogP contribution is -2.23. The lowest BCUT2D eigenvalue weighted by atomic mass is 10.1. The number of aromatic amines is 1. The first-order chi connectivity index (χ1) is 9.33. The Labute approximate surface area is 109 Å². The summed E-state index contributed by atoms with van der Waals surface area (Å²) in [6, 6.07) is 11.2. The van der Waals surface area contributed by atoms with Crippen LogP contribution in [0.2, 0.25) is 0 Å². The van der Waals surface area contributed by atoms with E-state index >= 15 is 0 Å². The van der Waals surface area contributed by atoms with E-state index in [-0.39, 0.29) is 5.91 Å². The first kappa shape index (κ1) is 11.4. The standard InChI is InChI=1S/C14H12N4O/c19-14(12-3-1-2-6-15-12)16-8-10-4-5-11-9-17-18-13(11)7-10/h1-7,9H,8H2,(H,16,19)(H,17,18). The third-order valence-corrected chi connectivity index (χ3v) is 2.86. The van der Waals surface area contributed by atoms with E-state index in [0.29, 0.717) is 12.2 Å². The van der Waals surface area contributed by atoms with Crippen molar-refractivity contribution < 1.29 is 4.79 Å². The molecular formula is C14H12N4O. The summed E-state index contributed by atoms with van der Waals surface area (Å²) < 4.78 is 0. The van der Waals surface area contributed by atoms with Gasteiger partial charge in [-0.05, 0) is 23.8 Å². The molecule has 0 bridgehead atoms. The van der Waals surface area contributed by atoms with Crippen molar-refractivity contribution in [2.75, 3.05) is 0 Å². The van der Waals surface area contributed by atoms with Gasteiger partial charge in [0.1, 0.15) is 5.69 Å². The average molecular weight is 252 g/mol. The Morgan fingerprint density at radius 2 is 2.21 bits per heavy atom. The molecule has 1 amide bonds. The van der Waals surface area contributed by atoms with Crippen LogP contribution in [0.25, 0.3) is 10.9 Å². The molecule has 0 radical (unpaired) electrons. The van der Waals surface area contributed by atoms with E-state index in [4.69, 9.17) is 0 Å². The fourth-order valence-electron chi connectivity index (χ4n) is 1.86. The van der Waals surface area contributed by atoms with Crippen molar-refractivity contribution in [1.29, 1.82) is 0 Å². The zero-order chi connectivity index (χ0) is 13.1. The van der Waals surface area contributed by atoms with Crippen molar-refractivity contribution in [2.45, 2.75) is 6.54 Å². The molecule has 0 saturated carbocycles. The molecule has 0 unspecified atom stereocenters. The number of carbonyl (C=O) groups excluding carboxylic acids is 1. The molecule has 0 aliphatic rings. The predicted octanol–water partition coefficient (Wildman–Crippen LogP) is 1.89. The van der Waals surface area contributed by atoms with Crippen molar-refractivity contribution in [3.63, 3.8) is 0 Å². The first-order valence-corrected chi connectivity index (χ1v) is 5.94. The van der Waals surface area contributed by atoms with Crippen LogP contribution in [0.1, 0.15) is 16.1 Å². The zero-order valence-corrected chi connectivity index (χ0v) is 10.1. The molecule has 19 heavy (non-hydrogen) atoms. The second kappa shape index (κ2) is 4.89. The van der Waals surface area contributed by atoms with Crippen molar-refractivity contribution >= 4 is 16.8 Å². The third kappa shape index (κ3) is 2.44. The Balaban J connectivity index is 1.70. The Morgan fingerprint density at radius 3 is 3.05 bits per heavy atom. The van der Waals surface area contributed by atoms with Crippen LogP contribution in [0.5, 0.6) is 0 Å². The number of nitrogens with zero attached hydrogens (tertiary/aromatic N) is 2. The van der Waals surface area contributed by atoms with Crippen molar-refractivity contribution in [2.24, 2.45) is 0 Å². The minimum absolute atomic E-state index is 0.176. The van der Waals surface area contributed by atoms with E-state index in [1.54, 1.807) is 30.6 Å². The highest BCUT2D eigenvalue weighted by molar-refractivity contribution is 5.92. The molecular weight excluding hydrogens is 240 g/mol. The molecule has 3 aromatic rings. The van der Waals surface area contributed by atoms with Crippen LogP contribution in [-0.4, -0.2) is 21.1 Å². The number of amides is 1. The molecule has 1 aromatic carbocycles. The number of benzene rings is 1. The second-order valence-electron chi connectivity index (χ2n) is 4.19. The van der Waals surface area contributed by atoms with E-state index in [1.165, 1.54) is 0 Å². The van der Waals surface area contributed by atoms with Gasteiger partial charge in [-0.3, -0.25) is 14.9 Å². The van der Waals surface area contributed by atoms with Gasteiger partial charge >= 0.3 is 0 Å². The molecule has 0 atom stereocenters. The molecule has 5 nitrogen and oxygen atoms in total. The quantitative estimate of drug-likeness (QED) is 0.747. The molecule has 0 fully saturated rings. The Kier molecular flexibility index (Phi) is 2.94. The van der Waals surface area contributed by atoms with Gasteiger partial charge < -0.3 is 5.32 Å². The molecule has 5 heteroatoms. The van der Waals surface area contributed by atoms with Gasteiger partial charge in [-0.2, -0.15) is 5.10 Å². The smallest absolute Gasteiger partial charge is 0.270 e. The first-order valence-electron chi connectivity index (χ1n) is 5.94.